The fourth-order valence-electron chi connectivity index (χ4n) is 5.95. The van der Waals surface area contributed by atoms with Crippen molar-refractivity contribution in [2.45, 2.75) is 121 Å². The van der Waals surface area contributed by atoms with Gasteiger partial charge in [0.25, 0.3) is 0 Å². The number of fused-ring (bicyclic) bond motifs is 1. The second-order valence-corrected chi connectivity index (χ2v) is 13.8. The molecule has 1 aliphatic heterocycles. The Balaban J connectivity index is 0.000000440. The Morgan fingerprint density at radius 1 is 0.939 bits per heavy atom. The van der Waals surface area contributed by atoms with Crippen molar-refractivity contribution in [3.05, 3.63) is 142 Å². The summed E-state index contributed by atoms with van der Waals surface area (Å²) in [5.41, 5.74) is 15.9. The van der Waals surface area contributed by atoms with E-state index < -0.39 is 0 Å². The Kier molecular flexibility index (Phi) is 19.0. The van der Waals surface area contributed by atoms with Gasteiger partial charge in [-0.05, 0) is 90.5 Å². The first kappa shape index (κ1) is 43.4. The summed E-state index contributed by atoms with van der Waals surface area (Å²) < 4.78 is 6.40. The summed E-state index contributed by atoms with van der Waals surface area (Å²) in [6, 6.07) is 17.5. The maximum Gasteiger partial charge on any atom is 0.134 e. The Hall–Kier alpha value is -3.62. The van der Waals surface area contributed by atoms with Gasteiger partial charge in [-0.3, -0.25) is 0 Å². The number of nitrogens with two attached hydrogens (primary N) is 1. The third-order valence-corrected chi connectivity index (χ3v) is 9.05. The summed E-state index contributed by atoms with van der Waals surface area (Å²) in [5.74, 6) is 3.56. The summed E-state index contributed by atoms with van der Waals surface area (Å²) in [6.07, 6.45) is 17.5. The fraction of sp³-hybridized carbons (Fsp3) is 0.447. The maximum atomic E-state index is 6.40. The quantitative estimate of drug-likeness (QED) is 0.323. The lowest BCUT2D eigenvalue weighted by atomic mass is 9.76. The molecule has 0 amide bonds. The highest BCUT2D eigenvalue weighted by atomic mass is 16.5. The molecule has 0 aromatic heterocycles. The summed E-state index contributed by atoms with van der Waals surface area (Å²) in [6.45, 7) is 33.8. The van der Waals surface area contributed by atoms with E-state index in [2.05, 4.69) is 153 Å². The number of ether oxygens (including phenoxy) is 1. The van der Waals surface area contributed by atoms with Crippen molar-refractivity contribution >= 4 is 11.6 Å². The highest BCUT2D eigenvalue weighted by Crippen LogP contribution is 2.47. The topological polar surface area (TPSA) is 35.2 Å². The van der Waals surface area contributed by atoms with E-state index in [1.165, 1.54) is 39.0 Å². The van der Waals surface area contributed by atoms with Gasteiger partial charge in [0.05, 0.1) is 0 Å². The predicted molar refractivity (Wildman–Crippen MR) is 220 cm³/mol. The van der Waals surface area contributed by atoms with Crippen LogP contribution in [0.5, 0.6) is 0 Å². The van der Waals surface area contributed by atoms with Crippen LogP contribution in [-0.2, 0) is 10.2 Å². The van der Waals surface area contributed by atoms with Crippen LogP contribution in [0.25, 0.3) is 11.6 Å². The van der Waals surface area contributed by atoms with Crippen molar-refractivity contribution < 1.29 is 4.74 Å². The molecule has 0 radical (unpaired) electrons. The molecule has 0 bridgehead atoms. The third kappa shape index (κ3) is 12.3. The van der Waals surface area contributed by atoms with E-state index in [9.17, 15) is 0 Å². The standard InChI is InChI=1S/C25H30O.C15H18.C3H9N.2C2H6/c1-6-10-18(4)22-13-14-23(20-11-8-7-9-12-20)25-24(22)16-21(26-25)15-19(5)17(2)3;1-11-7-5-10-14-13(11)9-6-8-12(2)15(14,3)4;1-3(2)4;2*1-2/h6-12,14-15,17-18,22H,5,13,16H2,1-4H3;5-10H,1-4H3;3H,4H2,1-2H3;2*1-2H3/b10-6?,21-15+;;;;. The van der Waals surface area contributed by atoms with E-state index in [0.717, 1.165) is 29.9 Å². The average molecular weight is 664 g/mol. The molecule has 0 fully saturated rings. The fourth-order valence-corrected chi connectivity index (χ4v) is 5.95. The molecule has 0 saturated carbocycles. The SMILES string of the molecule is C=C(/C=C1\CC2=C(O1)C(c1ccccc1)=CCC2C(C)C=CC)C(C)C.CC.CC.CC(C)N.CC1=CC=Cc2c(C)cccc2C1(C)C. The second-order valence-electron chi connectivity index (χ2n) is 13.8. The Labute approximate surface area is 302 Å². The first-order valence-electron chi connectivity index (χ1n) is 18.7. The van der Waals surface area contributed by atoms with E-state index in [0.29, 0.717) is 23.8 Å². The van der Waals surface area contributed by atoms with Crippen molar-refractivity contribution in [2.75, 3.05) is 0 Å². The van der Waals surface area contributed by atoms with Crippen LogP contribution in [-0.4, -0.2) is 6.04 Å². The van der Waals surface area contributed by atoms with Crippen LogP contribution in [0.2, 0.25) is 0 Å². The lowest BCUT2D eigenvalue weighted by Crippen LogP contribution is -2.19. The molecule has 0 spiro atoms. The maximum absolute atomic E-state index is 6.40. The molecule has 2 nitrogen and oxygen atoms in total. The minimum Gasteiger partial charge on any atom is -0.461 e. The van der Waals surface area contributed by atoms with Crippen molar-refractivity contribution in [2.24, 2.45) is 23.5 Å². The van der Waals surface area contributed by atoms with Gasteiger partial charge in [-0.1, -0.05) is 173 Å². The summed E-state index contributed by atoms with van der Waals surface area (Å²) in [5, 5.41) is 0. The predicted octanol–water partition coefficient (Wildman–Crippen LogP) is 13.7. The monoisotopic (exact) mass is 664 g/mol. The molecule has 49 heavy (non-hydrogen) atoms. The number of rotatable bonds is 5. The van der Waals surface area contributed by atoms with E-state index >= 15 is 0 Å². The lowest BCUT2D eigenvalue weighted by Gasteiger charge is -2.28. The van der Waals surface area contributed by atoms with Gasteiger partial charge in [-0.15, -0.1) is 0 Å². The molecule has 2 aromatic carbocycles. The van der Waals surface area contributed by atoms with Crippen molar-refractivity contribution in [3.63, 3.8) is 0 Å². The minimum atomic E-state index is 0.144. The summed E-state index contributed by atoms with van der Waals surface area (Å²) >= 11 is 0. The summed E-state index contributed by atoms with van der Waals surface area (Å²) in [7, 11) is 0. The minimum absolute atomic E-state index is 0.144. The van der Waals surface area contributed by atoms with Crippen molar-refractivity contribution in [3.8, 4) is 0 Å². The highest BCUT2D eigenvalue weighted by Gasteiger charge is 2.34. The smallest absolute Gasteiger partial charge is 0.134 e. The normalized spacial score (nSPS) is 18.5. The zero-order chi connectivity index (χ0) is 37.3. The molecule has 1 heterocycles. The molecular formula is C47H69NO. The number of allylic oxidation sites excluding steroid dienone is 10. The van der Waals surface area contributed by atoms with Crippen molar-refractivity contribution in [1.82, 2.24) is 0 Å². The Morgan fingerprint density at radius 2 is 1.55 bits per heavy atom. The molecule has 2 atom stereocenters. The summed E-state index contributed by atoms with van der Waals surface area (Å²) in [4.78, 5) is 0. The first-order valence-corrected chi connectivity index (χ1v) is 18.7. The van der Waals surface area contributed by atoms with Crippen LogP contribution in [0.15, 0.2) is 120 Å². The first-order chi connectivity index (χ1) is 23.3. The molecular weight excluding hydrogens is 595 g/mol. The van der Waals surface area contributed by atoms with Gasteiger partial charge in [0.2, 0.25) is 0 Å². The van der Waals surface area contributed by atoms with E-state index in [4.69, 9.17) is 10.5 Å². The van der Waals surface area contributed by atoms with Crippen LogP contribution in [0.1, 0.15) is 125 Å². The Morgan fingerprint density at radius 3 is 2.12 bits per heavy atom. The number of aryl methyl sites for hydroxylation is 1. The lowest BCUT2D eigenvalue weighted by molar-refractivity contribution is 0.338. The van der Waals surface area contributed by atoms with Gasteiger partial charge in [0.1, 0.15) is 11.5 Å². The molecule has 2 heteroatoms. The van der Waals surface area contributed by atoms with Crippen molar-refractivity contribution in [1.29, 1.82) is 0 Å². The third-order valence-electron chi connectivity index (χ3n) is 9.05. The zero-order valence-corrected chi connectivity index (χ0v) is 33.6. The van der Waals surface area contributed by atoms with Gasteiger partial charge in [0, 0.05) is 17.4 Å². The van der Waals surface area contributed by atoms with Crippen LogP contribution < -0.4 is 5.73 Å². The van der Waals surface area contributed by atoms with E-state index in [1.807, 2.05) is 41.5 Å². The van der Waals surface area contributed by atoms with Crippen LogP contribution in [0, 0.1) is 24.7 Å². The number of hydrogen-bond donors (Lipinski definition) is 1. The second kappa shape index (κ2) is 21.5. The molecule has 2 aliphatic carbocycles. The van der Waals surface area contributed by atoms with E-state index in [1.54, 1.807) is 0 Å². The van der Waals surface area contributed by atoms with Gasteiger partial charge < -0.3 is 10.5 Å². The molecule has 5 rings (SSSR count). The van der Waals surface area contributed by atoms with Gasteiger partial charge >= 0.3 is 0 Å². The van der Waals surface area contributed by atoms with Gasteiger partial charge in [-0.25, -0.2) is 0 Å². The molecule has 268 valence electrons. The van der Waals surface area contributed by atoms with Gasteiger partial charge in [-0.2, -0.15) is 0 Å². The van der Waals surface area contributed by atoms with E-state index in [-0.39, 0.29) is 5.41 Å². The molecule has 3 aliphatic rings. The molecule has 2 unspecified atom stereocenters. The van der Waals surface area contributed by atoms with Gasteiger partial charge in [0.15, 0.2) is 0 Å². The Bertz CT molecular complexity index is 1500. The molecule has 2 N–H and O–H groups in total. The number of benzene rings is 2. The van der Waals surface area contributed by atoms with Crippen LogP contribution in [0.3, 0.4) is 0 Å². The van der Waals surface area contributed by atoms with Crippen LogP contribution in [0.4, 0.5) is 0 Å². The number of hydrogen-bond acceptors (Lipinski definition) is 2. The molecule has 0 saturated heterocycles. The average Bonchev–Trinajstić information content (AvgIpc) is 3.45. The highest BCUT2D eigenvalue weighted by molar-refractivity contribution is 5.80. The largest absolute Gasteiger partial charge is 0.461 e. The van der Waals surface area contributed by atoms with Crippen LogP contribution >= 0.6 is 0 Å². The molecule has 2 aromatic rings. The zero-order valence-electron chi connectivity index (χ0n) is 33.6.